The minimum absolute atomic E-state index is 0.221. The van der Waals surface area contributed by atoms with Crippen molar-refractivity contribution < 1.29 is 19.1 Å². The van der Waals surface area contributed by atoms with Gasteiger partial charge in [0, 0.05) is 38.9 Å². The van der Waals surface area contributed by atoms with Crippen molar-refractivity contribution in [3.05, 3.63) is 75.8 Å². The minimum atomic E-state index is -0.738. The van der Waals surface area contributed by atoms with E-state index in [9.17, 15) is 9.59 Å². The van der Waals surface area contributed by atoms with Crippen molar-refractivity contribution >= 4 is 40.6 Å². The van der Waals surface area contributed by atoms with Crippen molar-refractivity contribution in [2.24, 2.45) is 10.9 Å². The maximum absolute atomic E-state index is 13.1. The van der Waals surface area contributed by atoms with Crippen LogP contribution in [0.4, 0.5) is 0 Å². The number of hydrogen-bond donors (Lipinski definition) is 0. The van der Waals surface area contributed by atoms with E-state index < -0.39 is 23.8 Å². The zero-order valence-corrected chi connectivity index (χ0v) is 22.2. The van der Waals surface area contributed by atoms with Gasteiger partial charge in [-0.3, -0.25) is 9.79 Å². The Morgan fingerprint density at radius 2 is 1.78 bits per heavy atom. The summed E-state index contributed by atoms with van der Waals surface area (Å²) >= 11 is 7.88. The molecule has 2 unspecified atom stereocenters. The zero-order chi connectivity index (χ0) is 25.8. The second kappa shape index (κ2) is 11.2. The molecule has 0 saturated heterocycles. The van der Waals surface area contributed by atoms with Crippen LogP contribution < -0.4 is 0 Å². The van der Waals surface area contributed by atoms with E-state index in [0.717, 1.165) is 27.4 Å². The van der Waals surface area contributed by atoms with Crippen molar-refractivity contribution in [3.63, 3.8) is 0 Å². The molecule has 3 aromatic rings. The summed E-state index contributed by atoms with van der Waals surface area (Å²) in [4.78, 5) is 35.5. The molecule has 2 aromatic carbocycles. The van der Waals surface area contributed by atoms with Crippen LogP contribution in [0.3, 0.4) is 0 Å². The van der Waals surface area contributed by atoms with Gasteiger partial charge >= 0.3 is 11.9 Å². The van der Waals surface area contributed by atoms with Crippen molar-refractivity contribution in [1.82, 2.24) is 4.98 Å². The van der Waals surface area contributed by atoms with Crippen molar-refractivity contribution in [3.8, 4) is 21.8 Å². The summed E-state index contributed by atoms with van der Waals surface area (Å²) in [5.74, 6) is -2.23. The second-order valence-electron chi connectivity index (χ2n) is 8.32. The molecule has 0 aliphatic carbocycles. The van der Waals surface area contributed by atoms with Crippen molar-refractivity contribution in [2.75, 3.05) is 13.2 Å². The van der Waals surface area contributed by atoms with Gasteiger partial charge < -0.3 is 9.47 Å². The lowest BCUT2D eigenvalue weighted by Gasteiger charge is -2.31. The summed E-state index contributed by atoms with van der Waals surface area (Å²) in [6, 6.07) is 15.3. The number of hydrogen-bond acceptors (Lipinski definition) is 7. The highest BCUT2D eigenvalue weighted by molar-refractivity contribution is 7.13. The Balaban J connectivity index is 1.79. The normalized spacial score (nSPS) is 17.5. The maximum atomic E-state index is 13.1. The number of allylic oxidation sites excluding steroid dienone is 1. The highest BCUT2D eigenvalue weighted by atomic mass is 35.5. The van der Waals surface area contributed by atoms with E-state index in [2.05, 4.69) is 4.99 Å². The second-order valence-corrected chi connectivity index (χ2v) is 9.59. The fourth-order valence-electron chi connectivity index (χ4n) is 4.47. The average molecular weight is 523 g/mol. The molecule has 4 rings (SSSR count). The number of carbonyl (C=O) groups excluding carboxylic acids is 2. The number of aromatic nitrogens is 1. The van der Waals surface area contributed by atoms with Gasteiger partial charge in [0.1, 0.15) is 10.9 Å². The summed E-state index contributed by atoms with van der Waals surface area (Å²) in [5, 5.41) is 3.41. The summed E-state index contributed by atoms with van der Waals surface area (Å²) in [6.45, 7) is 7.53. The van der Waals surface area contributed by atoms with E-state index >= 15 is 0 Å². The first kappa shape index (κ1) is 25.8. The fourth-order valence-corrected chi connectivity index (χ4v) is 5.52. The van der Waals surface area contributed by atoms with E-state index in [-0.39, 0.29) is 13.2 Å². The first-order valence-electron chi connectivity index (χ1n) is 11.8. The maximum Gasteiger partial charge on any atom is 0.336 e. The number of benzene rings is 2. The molecule has 1 aliphatic rings. The molecule has 0 bridgehead atoms. The van der Waals surface area contributed by atoms with E-state index in [1.807, 2.05) is 53.9 Å². The first-order chi connectivity index (χ1) is 17.3. The Morgan fingerprint density at radius 1 is 1.03 bits per heavy atom. The monoisotopic (exact) mass is 522 g/mol. The predicted molar refractivity (Wildman–Crippen MR) is 143 cm³/mol. The Morgan fingerprint density at radius 3 is 2.50 bits per heavy atom. The lowest BCUT2D eigenvalue weighted by Crippen LogP contribution is -2.36. The van der Waals surface area contributed by atoms with Crippen LogP contribution in [0.5, 0.6) is 0 Å². The standard InChI is InChI=1S/C28H27ClN2O4S/c1-5-34-27(32)23-16(3)30-17(4)24(28(33)35-6-2)25(23)18-10-9-11-19(14-18)26-31-22(15-36-26)20-12-7-8-13-21(20)29/h7-15,23,25H,5-6H2,1-4H3. The lowest BCUT2D eigenvalue weighted by molar-refractivity contribution is -0.146. The number of carbonyl (C=O) groups is 2. The van der Waals surface area contributed by atoms with E-state index in [4.69, 9.17) is 26.1 Å². The minimum Gasteiger partial charge on any atom is -0.465 e. The summed E-state index contributed by atoms with van der Waals surface area (Å²) in [7, 11) is 0. The van der Waals surface area contributed by atoms with E-state index in [0.29, 0.717) is 22.0 Å². The Kier molecular flexibility index (Phi) is 8.01. The van der Waals surface area contributed by atoms with Gasteiger partial charge in [-0.05, 0) is 45.4 Å². The molecule has 0 amide bonds. The summed E-state index contributed by atoms with van der Waals surface area (Å²) in [6.07, 6.45) is 0. The molecular weight excluding hydrogens is 496 g/mol. The number of esters is 2. The van der Waals surface area contributed by atoms with Crippen LogP contribution in [0.15, 0.2) is 70.2 Å². The van der Waals surface area contributed by atoms with Gasteiger partial charge in [0.05, 0.1) is 24.5 Å². The molecule has 36 heavy (non-hydrogen) atoms. The third-order valence-electron chi connectivity index (χ3n) is 6.01. The highest BCUT2D eigenvalue weighted by Gasteiger charge is 2.42. The average Bonchev–Trinajstić information content (AvgIpc) is 3.34. The molecule has 0 radical (unpaired) electrons. The molecule has 1 aliphatic heterocycles. The molecule has 2 atom stereocenters. The Bertz CT molecular complexity index is 1360. The number of aliphatic imine (C=N–C) groups is 1. The molecule has 1 aromatic heterocycles. The van der Waals surface area contributed by atoms with Crippen LogP contribution in [-0.2, 0) is 19.1 Å². The Labute approximate surface area is 219 Å². The molecule has 186 valence electrons. The predicted octanol–water partition coefficient (Wildman–Crippen LogP) is 6.71. The van der Waals surface area contributed by atoms with E-state index in [1.54, 1.807) is 27.7 Å². The third kappa shape index (κ3) is 5.13. The van der Waals surface area contributed by atoms with Gasteiger partial charge in [-0.1, -0.05) is 48.0 Å². The van der Waals surface area contributed by atoms with Gasteiger partial charge in [0.15, 0.2) is 0 Å². The van der Waals surface area contributed by atoms with E-state index in [1.165, 1.54) is 11.3 Å². The fraction of sp³-hybridized carbons (Fsp3) is 0.286. The van der Waals surface area contributed by atoms with Gasteiger partial charge in [0.2, 0.25) is 0 Å². The Hall–Kier alpha value is -3.29. The van der Waals surface area contributed by atoms with Crippen LogP contribution in [0.25, 0.3) is 21.8 Å². The third-order valence-corrected chi connectivity index (χ3v) is 7.23. The number of nitrogens with zero attached hydrogens (tertiary/aromatic N) is 2. The lowest BCUT2D eigenvalue weighted by atomic mass is 9.75. The van der Waals surface area contributed by atoms with Gasteiger partial charge in [-0.15, -0.1) is 11.3 Å². The van der Waals surface area contributed by atoms with Crippen LogP contribution in [0.1, 0.15) is 39.2 Å². The molecule has 0 fully saturated rings. The molecule has 0 N–H and O–H groups in total. The highest BCUT2D eigenvalue weighted by Crippen LogP contribution is 2.41. The van der Waals surface area contributed by atoms with Crippen molar-refractivity contribution in [1.29, 1.82) is 0 Å². The largest absolute Gasteiger partial charge is 0.465 e. The smallest absolute Gasteiger partial charge is 0.336 e. The van der Waals surface area contributed by atoms with Crippen LogP contribution >= 0.6 is 22.9 Å². The van der Waals surface area contributed by atoms with Gasteiger partial charge in [-0.25, -0.2) is 9.78 Å². The summed E-state index contributed by atoms with van der Waals surface area (Å²) in [5.41, 5.74) is 4.83. The summed E-state index contributed by atoms with van der Waals surface area (Å²) < 4.78 is 10.8. The zero-order valence-electron chi connectivity index (χ0n) is 20.6. The first-order valence-corrected chi connectivity index (χ1v) is 13.0. The van der Waals surface area contributed by atoms with Crippen molar-refractivity contribution in [2.45, 2.75) is 33.6 Å². The SMILES string of the molecule is CCOC(=O)C1=C(C)N=C(C)C(C(=O)OCC)C1c1cccc(-c2nc(-c3ccccc3Cl)cs2)c1. The van der Waals surface area contributed by atoms with Gasteiger partial charge in [0.25, 0.3) is 0 Å². The quantitative estimate of drug-likeness (QED) is 0.322. The molecule has 0 spiro atoms. The number of ether oxygens (including phenoxy) is 2. The topological polar surface area (TPSA) is 77.8 Å². The number of halogens is 1. The van der Waals surface area contributed by atoms with Crippen LogP contribution in [0, 0.1) is 5.92 Å². The number of thiazole rings is 1. The van der Waals surface area contributed by atoms with Gasteiger partial charge in [-0.2, -0.15) is 0 Å². The van der Waals surface area contributed by atoms with Crippen LogP contribution in [0.2, 0.25) is 5.02 Å². The molecule has 2 heterocycles. The van der Waals surface area contributed by atoms with Crippen LogP contribution in [-0.4, -0.2) is 35.8 Å². The molecule has 0 saturated carbocycles. The number of rotatable bonds is 7. The molecule has 6 nitrogen and oxygen atoms in total. The molecular formula is C28H27ClN2O4S. The molecule has 8 heteroatoms.